The second-order valence-electron chi connectivity index (χ2n) is 5.42. The SMILES string of the molecule is O=S(=O)(c1c(F)cccc1F)N(Cc1ccccc1F)C1CC1. The quantitative estimate of drug-likeness (QED) is 0.835. The molecule has 3 rings (SSSR count). The highest BCUT2D eigenvalue weighted by atomic mass is 32.2. The first-order valence-electron chi connectivity index (χ1n) is 7.10. The summed E-state index contributed by atoms with van der Waals surface area (Å²) in [7, 11) is -4.40. The van der Waals surface area contributed by atoms with Crippen LogP contribution in [0.3, 0.4) is 0 Å². The standard InChI is InChI=1S/C16H14F3NO2S/c17-13-5-2-1-4-11(13)10-20(12-8-9-12)23(21,22)16-14(18)6-3-7-15(16)19/h1-7,12H,8-10H2. The Bertz CT molecular complexity index is 815. The molecule has 2 aromatic rings. The third-order valence-corrected chi connectivity index (χ3v) is 5.67. The summed E-state index contributed by atoms with van der Waals surface area (Å²) in [6, 6.07) is 8.27. The molecule has 1 aliphatic carbocycles. The molecule has 0 saturated heterocycles. The number of benzene rings is 2. The lowest BCUT2D eigenvalue weighted by Crippen LogP contribution is -2.34. The summed E-state index contributed by atoms with van der Waals surface area (Å²) >= 11 is 0. The molecule has 1 aliphatic rings. The van der Waals surface area contributed by atoms with Crippen molar-refractivity contribution < 1.29 is 21.6 Å². The molecule has 0 spiro atoms. The van der Waals surface area contributed by atoms with Crippen LogP contribution in [0.2, 0.25) is 0 Å². The fraction of sp³-hybridized carbons (Fsp3) is 0.250. The maximum absolute atomic E-state index is 13.9. The van der Waals surface area contributed by atoms with Gasteiger partial charge < -0.3 is 0 Å². The molecule has 1 fully saturated rings. The monoisotopic (exact) mass is 341 g/mol. The Labute approximate surface area is 132 Å². The van der Waals surface area contributed by atoms with Crippen molar-refractivity contribution in [3.63, 3.8) is 0 Å². The first-order chi connectivity index (χ1) is 10.9. The van der Waals surface area contributed by atoms with E-state index in [1.165, 1.54) is 18.2 Å². The molecule has 0 radical (unpaired) electrons. The number of hydrogen-bond acceptors (Lipinski definition) is 2. The van der Waals surface area contributed by atoms with Crippen molar-refractivity contribution in [2.75, 3.05) is 0 Å². The smallest absolute Gasteiger partial charge is 0.207 e. The van der Waals surface area contributed by atoms with Gasteiger partial charge in [-0.15, -0.1) is 0 Å². The molecule has 0 aromatic heterocycles. The van der Waals surface area contributed by atoms with Crippen LogP contribution in [-0.4, -0.2) is 18.8 Å². The zero-order chi connectivity index (χ0) is 16.6. The Hall–Kier alpha value is -1.86. The Kier molecular flexibility index (Phi) is 4.16. The number of nitrogens with zero attached hydrogens (tertiary/aromatic N) is 1. The molecule has 1 saturated carbocycles. The van der Waals surface area contributed by atoms with E-state index in [1.807, 2.05) is 0 Å². The summed E-state index contributed by atoms with van der Waals surface area (Å²) in [6.07, 6.45) is 1.17. The predicted molar refractivity (Wildman–Crippen MR) is 78.5 cm³/mol. The Balaban J connectivity index is 2.03. The maximum Gasteiger partial charge on any atom is 0.249 e. The molecule has 0 amide bonds. The minimum absolute atomic E-state index is 0.166. The topological polar surface area (TPSA) is 37.4 Å². The number of hydrogen-bond donors (Lipinski definition) is 0. The molecule has 122 valence electrons. The van der Waals surface area contributed by atoms with E-state index in [0.717, 1.165) is 22.5 Å². The molecule has 2 aromatic carbocycles. The first-order valence-corrected chi connectivity index (χ1v) is 8.54. The van der Waals surface area contributed by atoms with Crippen molar-refractivity contribution in [1.29, 1.82) is 0 Å². The molecule has 23 heavy (non-hydrogen) atoms. The van der Waals surface area contributed by atoms with Crippen molar-refractivity contribution in [1.82, 2.24) is 4.31 Å². The molecule has 0 N–H and O–H groups in total. The van der Waals surface area contributed by atoms with Crippen molar-refractivity contribution in [2.24, 2.45) is 0 Å². The van der Waals surface area contributed by atoms with Crippen molar-refractivity contribution in [3.05, 3.63) is 65.5 Å². The molecule has 0 atom stereocenters. The Morgan fingerprint density at radius 2 is 1.48 bits per heavy atom. The molecule has 0 unspecified atom stereocenters. The van der Waals surface area contributed by atoms with Crippen LogP contribution in [0.15, 0.2) is 47.4 Å². The number of sulfonamides is 1. The van der Waals surface area contributed by atoms with Crippen LogP contribution in [0.25, 0.3) is 0 Å². The molecule has 7 heteroatoms. The van der Waals surface area contributed by atoms with Crippen LogP contribution in [0.4, 0.5) is 13.2 Å². The summed E-state index contributed by atoms with van der Waals surface area (Å²) in [5, 5.41) is 0. The molecule has 0 aliphatic heterocycles. The summed E-state index contributed by atoms with van der Waals surface area (Å²) in [5.41, 5.74) is 0.166. The van der Waals surface area contributed by atoms with Gasteiger partial charge in [0.2, 0.25) is 10.0 Å². The van der Waals surface area contributed by atoms with E-state index in [0.29, 0.717) is 12.8 Å². The van der Waals surface area contributed by atoms with Crippen LogP contribution < -0.4 is 0 Å². The lowest BCUT2D eigenvalue weighted by Gasteiger charge is -2.22. The zero-order valence-electron chi connectivity index (χ0n) is 12.0. The number of halogens is 3. The van der Waals surface area contributed by atoms with Crippen LogP contribution in [0.1, 0.15) is 18.4 Å². The Morgan fingerprint density at radius 3 is 2.04 bits per heavy atom. The van der Waals surface area contributed by atoms with Gasteiger partial charge in [0.1, 0.15) is 17.5 Å². The van der Waals surface area contributed by atoms with Gasteiger partial charge in [-0.2, -0.15) is 4.31 Å². The van der Waals surface area contributed by atoms with Crippen LogP contribution in [-0.2, 0) is 16.6 Å². The molecular weight excluding hydrogens is 327 g/mol. The summed E-state index contributed by atoms with van der Waals surface area (Å²) < 4.78 is 68.0. The van der Waals surface area contributed by atoms with Gasteiger partial charge >= 0.3 is 0 Å². The minimum Gasteiger partial charge on any atom is -0.207 e. The highest BCUT2D eigenvalue weighted by molar-refractivity contribution is 7.89. The number of rotatable bonds is 5. The highest BCUT2D eigenvalue weighted by Gasteiger charge is 2.40. The third-order valence-electron chi connectivity index (χ3n) is 3.72. The summed E-state index contributed by atoms with van der Waals surface area (Å²) in [4.78, 5) is -0.983. The lowest BCUT2D eigenvalue weighted by atomic mass is 10.2. The van der Waals surface area contributed by atoms with Gasteiger partial charge in [0.15, 0.2) is 4.90 Å². The van der Waals surface area contributed by atoms with E-state index in [2.05, 4.69) is 0 Å². The third kappa shape index (κ3) is 3.11. The van der Waals surface area contributed by atoms with E-state index in [-0.39, 0.29) is 18.2 Å². The maximum atomic E-state index is 13.9. The van der Waals surface area contributed by atoms with E-state index < -0.39 is 32.4 Å². The van der Waals surface area contributed by atoms with E-state index >= 15 is 0 Å². The van der Waals surface area contributed by atoms with Gasteiger partial charge in [-0.05, 0) is 31.0 Å². The minimum atomic E-state index is -4.40. The van der Waals surface area contributed by atoms with Gasteiger partial charge in [-0.3, -0.25) is 0 Å². The average molecular weight is 341 g/mol. The average Bonchev–Trinajstić information content (AvgIpc) is 3.30. The largest absolute Gasteiger partial charge is 0.249 e. The summed E-state index contributed by atoms with van der Waals surface area (Å²) in [6.45, 7) is -0.257. The van der Waals surface area contributed by atoms with E-state index in [9.17, 15) is 21.6 Å². The second-order valence-corrected chi connectivity index (χ2v) is 7.25. The van der Waals surface area contributed by atoms with Gasteiger partial charge in [-0.1, -0.05) is 24.3 Å². The van der Waals surface area contributed by atoms with E-state index in [1.54, 1.807) is 6.07 Å². The predicted octanol–water partition coefficient (Wildman–Crippen LogP) is 3.46. The van der Waals surface area contributed by atoms with Crippen molar-refractivity contribution >= 4 is 10.0 Å². The van der Waals surface area contributed by atoms with Crippen molar-refractivity contribution in [3.8, 4) is 0 Å². The fourth-order valence-electron chi connectivity index (χ4n) is 2.41. The molecule has 3 nitrogen and oxygen atoms in total. The first kappa shape index (κ1) is 16.0. The van der Waals surface area contributed by atoms with Gasteiger partial charge in [0.25, 0.3) is 0 Å². The molecule has 0 bridgehead atoms. The normalized spacial score (nSPS) is 15.1. The highest BCUT2D eigenvalue weighted by Crippen LogP contribution is 2.35. The van der Waals surface area contributed by atoms with Crippen LogP contribution in [0.5, 0.6) is 0 Å². The zero-order valence-corrected chi connectivity index (χ0v) is 12.9. The van der Waals surface area contributed by atoms with Crippen LogP contribution in [0, 0.1) is 17.5 Å². The molecule has 0 heterocycles. The lowest BCUT2D eigenvalue weighted by molar-refractivity contribution is 0.384. The second kappa shape index (κ2) is 5.98. The van der Waals surface area contributed by atoms with E-state index in [4.69, 9.17) is 0 Å². The Morgan fingerprint density at radius 1 is 0.913 bits per heavy atom. The summed E-state index contributed by atoms with van der Waals surface area (Å²) in [5.74, 6) is -2.85. The van der Waals surface area contributed by atoms with Gasteiger partial charge in [0.05, 0.1) is 0 Å². The van der Waals surface area contributed by atoms with Gasteiger partial charge in [-0.25, -0.2) is 21.6 Å². The van der Waals surface area contributed by atoms with Gasteiger partial charge in [0, 0.05) is 18.2 Å². The fourth-order valence-corrected chi connectivity index (χ4v) is 4.19. The van der Waals surface area contributed by atoms with Crippen molar-refractivity contribution in [2.45, 2.75) is 30.3 Å². The van der Waals surface area contributed by atoms with Crippen LogP contribution >= 0.6 is 0 Å². The molecular formula is C16H14F3NO2S.